The third-order valence-electron chi connectivity index (χ3n) is 3.12. The molecule has 0 aliphatic carbocycles. The summed E-state index contributed by atoms with van der Waals surface area (Å²) < 4.78 is 37.4. The molecule has 0 N–H and O–H groups in total. The Hall–Kier alpha value is -0.820. The van der Waals surface area contributed by atoms with E-state index >= 15 is 0 Å². The zero-order valence-electron chi connectivity index (χ0n) is 10.3. The molecule has 1 fully saturated rings. The molecule has 1 aromatic rings. The van der Waals surface area contributed by atoms with Gasteiger partial charge in [-0.05, 0) is 12.1 Å². The molecule has 0 amide bonds. The molecule has 2 rings (SSSR count). The molecule has 7 heteroatoms. The van der Waals surface area contributed by atoms with E-state index in [1.807, 2.05) is 23.1 Å². The molecule has 0 aromatic carbocycles. The second kappa shape index (κ2) is 6.09. The lowest BCUT2D eigenvalue weighted by Gasteiger charge is -2.36. The lowest BCUT2D eigenvalue weighted by molar-refractivity contribution is -0.130. The molecular weight excluding hydrogens is 323 g/mol. The van der Waals surface area contributed by atoms with Crippen LogP contribution in [0.1, 0.15) is 0 Å². The minimum atomic E-state index is -4.18. The molecule has 1 unspecified atom stereocenters. The number of anilines is 1. The molecule has 19 heavy (non-hydrogen) atoms. The van der Waals surface area contributed by atoms with Gasteiger partial charge in [-0.15, -0.1) is 0 Å². The first-order valence-electron chi connectivity index (χ1n) is 6.06. The topological polar surface area (TPSA) is 19.4 Å². The van der Waals surface area contributed by atoms with E-state index in [-0.39, 0.29) is 6.54 Å². The van der Waals surface area contributed by atoms with Crippen LogP contribution in [0.15, 0.2) is 24.4 Å². The molecule has 2 heterocycles. The van der Waals surface area contributed by atoms with E-state index in [9.17, 15) is 13.2 Å². The highest BCUT2D eigenvalue weighted by molar-refractivity contribution is 9.09. The van der Waals surface area contributed by atoms with Crippen LogP contribution < -0.4 is 4.90 Å². The Bertz CT molecular complexity index is 391. The van der Waals surface area contributed by atoms with Crippen molar-refractivity contribution in [3.05, 3.63) is 24.4 Å². The fraction of sp³-hybridized carbons (Fsp3) is 0.583. The molecular formula is C12H15BrF3N3. The predicted octanol–water partition coefficient (Wildman–Crippen LogP) is 2.53. The number of halogens is 4. The van der Waals surface area contributed by atoms with Gasteiger partial charge in [0.1, 0.15) is 10.6 Å². The van der Waals surface area contributed by atoms with Gasteiger partial charge in [-0.1, -0.05) is 22.0 Å². The summed E-state index contributed by atoms with van der Waals surface area (Å²) in [5, 5.41) is 0. The van der Waals surface area contributed by atoms with E-state index in [1.54, 1.807) is 6.20 Å². The summed E-state index contributed by atoms with van der Waals surface area (Å²) in [7, 11) is 0. The minimum Gasteiger partial charge on any atom is -0.354 e. The highest BCUT2D eigenvalue weighted by Crippen LogP contribution is 2.27. The van der Waals surface area contributed by atoms with Crippen molar-refractivity contribution in [2.45, 2.75) is 11.0 Å². The second-order valence-electron chi connectivity index (χ2n) is 4.48. The third-order valence-corrected chi connectivity index (χ3v) is 3.93. The molecule has 1 aromatic heterocycles. The van der Waals surface area contributed by atoms with Crippen molar-refractivity contribution in [1.29, 1.82) is 0 Å². The van der Waals surface area contributed by atoms with Crippen molar-refractivity contribution >= 4 is 21.7 Å². The first kappa shape index (κ1) is 14.6. The zero-order chi connectivity index (χ0) is 13.9. The van der Waals surface area contributed by atoms with Gasteiger partial charge in [-0.3, -0.25) is 4.90 Å². The molecule has 0 radical (unpaired) electrons. The Labute approximate surface area is 118 Å². The van der Waals surface area contributed by atoms with Crippen molar-refractivity contribution < 1.29 is 13.2 Å². The fourth-order valence-corrected chi connectivity index (χ4v) is 2.44. The van der Waals surface area contributed by atoms with Crippen LogP contribution in [-0.4, -0.2) is 53.6 Å². The van der Waals surface area contributed by atoms with Gasteiger partial charge in [0.05, 0.1) is 0 Å². The highest BCUT2D eigenvalue weighted by Gasteiger charge is 2.38. The first-order chi connectivity index (χ1) is 8.97. The SMILES string of the molecule is FC(F)(F)C(Br)CN1CCN(c2ccccn2)CC1. The monoisotopic (exact) mass is 337 g/mol. The minimum absolute atomic E-state index is 0.000438. The third kappa shape index (κ3) is 4.07. The lowest BCUT2D eigenvalue weighted by atomic mass is 10.2. The van der Waals surface area contributed by atoms with E-state index < -0.39 is 11.0 Å². The summed E-state index contributed by atoms with van der Waals surface area (Å²) in [6.07, 6.45) is -2.46. The Morgan fingerprint density at radius 3 is 2.42 bits per heavy atom. The Morgan fingerprint density at radius 1 is 1.21 bits per heavy atom. The van der Waals surface area contributed by atoms with Gasteiger partial charge in [0.25, 0.3) is 0 Å². The number of alkyl halides is 4. The second-order valence-corrected chi connectivity index (χ2v) is 5.59. The molecule has 3 nitrogen and oxygen atoms in total. The Kier molecular flexibility index (Phi) is 4.67. The average Bonchev–Trinajstić information content (AvgIpc) is 2.39. The van der Waals surface area contributed by atoms with Crippen molar-refractivity contribution in [2.75, 3.05) is 37.6 Å². The predicted molar refractivity (Wildman–Crippen MR) is 71.7 cm³/mol. The number of hydrogen-bond acceptors (Lipinski definition) is 3. The number of rotatable bonds is 3. The van der Waals surface area contributed by atoms with Crippen LogP contribution >= 0.6 is 15.9 Å². The van der Waals surface area contributed by atoms with Gasteiger partial charge in [0.15, 0.2) is 0 Å². The van der Waals surface area contributed by atoms with Crippen molar-refractivity contribution in [3.8, 4) is 0 Å². The Morgan fingerprint density at radius 2 is 1.89 bits per heavy atom. The van der Waals surface area contributed by atoms with Gasteiger partial charge < -0.3 is 4.90 Å². The van der Waals surface area contributed by atoms with Crippen LogP contribution in [0, 0.1) is 0 Å². The maximum Gasteiger partial charge on any atom is 0.402 e. The van der Waals surface area contributed by atoms with Crippen LogP contribution in [0.25, 0.3) is 0 Å². The van der Waals surface area contributed by atoms with Gasteiger partial charge in [0.2, 0.25) is 0 Å². The van der Waals surface area contributed by atoms with Crippen LogP contribution in [0.2, 0.25) is 0 Å². The van der Waals surface area contributed by atoms with Crippen molar-refractivity contribution in [1.82, 2.24) is 9.88 Å². The van der Waals surface area contributed by atoms with Crippen molar-refractivity contribution in [2.24, 2.45) is 0 Å². The average molecular weight is 338 g/mol. The molecule has 1 saturated heterocycles. The van der Waals surface area contributed by atoms with E-state index in [0.717, 1.165) is 5.82 Å². The lowest BCUT2D eigenvalue weighted by Crippen LogP contribution is -2.49. The normalized spacial score (nSPS) is 19.5. The van der Waals surface area contributed by atoms with Gasteiger partial charge >= 0.3 is 6.18 Å². The Balaban J connectivity index is 1.83. The molecule has 0 spiro atoms. The summed E-state index contributed by atoms with van der Waals surface area (Å²) in [4.78, 5) is 6.71. The number of pyridine rings is 1. The molecule has 0 bridgehead atoms. The van der Waals surface area contributed by atoms with Crippen LogP contribution in [0.4, 0.5) is 19.0 Å². The summed E-state index contributed by atoms with van der Waals surface area (Å²) in [6.45, 7) is 2.65. The quantitative estimate of drug-likeness (QED) is 0.790. The highest BCUT2D eigenvalue weighted by atomic mass is 79.9. The van der Waals surface area contributed by atoms with E-state index in [1.165, 1.54) is 0 Å². The van der Waals surface area contributed by atoms with Gasteiger partial charge in [0, 0.05) is 38.9 Å². The smallest absolute Gasteiger partial charge is 0.354 e. The summed E-state index contributed by atoms with van der Waals surface area (Å²) >= 11 is 2.70. The number of hydrogen-bond donors (Lipinski definition) is 0. The van der Waals surface area contributed by atoms with Gasteiger partial charge in [-0.25, -0.2) is 4.98 Å². The van der Waals surface area contributed by atoms with Crippen LogP contribution in [0.5, 0.6) is 0 Å². The molecule has 1 aliphatic heterocycles. The molecule has 1 aliphatic rings. The standard InChI is InChI=1S/C12H15BrF3N3/c13-10(12(14,15)16)9-18-5-7-19(8-6-18)11-3-1-2-4-17-11/h1-4,10H,5-9H2. The number of piperazine rings is 1. The summed E-state index contributed by atoms with van der Waals surface area (Å²) in [5.74, 6) is 0.883. The summed E-state index contributed by atoms with van der Waals surface area (Å²) in [5.41, 5.74) is 0. The number of aromatic nitrogens is 1. The van der Waals surface area contributed by atoms with Gasteiger partial charge in [-0.2, -0.15) is 13.2 Å². The van der Waals surface area contributed by atoms with Crippen LogP contribution in [-0.2, 0) is 0 Å². The van der Waals surface area contributed by atoms with E-state index in [0.29, 0.717) is 26.2 Å². The molecule has 0 saturated carbocycles. The largest absolute Gasteiger partial charge is 0.402 e. The van der Waals surface area contributed by atoms with E-state index in [2.05, 4.69) is 25.8 Å². The maximum absolute atomic E-state index is 12.5. The zero-order valence-corrected chi connectivity index (χ0v) is 11.9. The van der Waals surface area contributed by atoms with Crippen LogP contribution in [0.3, 0.4) is 0 Å². The fourth-order valence-electron chi connectivity index (χ4n) is 2.03. The van der Waals surface area contributed by atoms with Crippen molar-refractivity contribution in [3.63, 3.8) is 0 Å². The molecule has 1 atom stereocenters. The van der Waals surface area contributed by atoms with E-state index in [4.69, 9.17) is 0 Å². The first-order valence-corrected chi connectivity index (χ1v) is 6.97. The maximum atomic E-state index is 12.5. The molecule has 106 valence electrons. The number of nitrogens with zero attached hydrogens (tertiary/aromatic N) is 3. The summed E-state index contributed by atoms with van der Waals surface area (Å²) in [6, 6.07) is 5.67.